The highest BCUT2D eigenvalue weighted by Crippen LogP contribution is 2.21. The molecule has 2 N–H and O–H groups in total. The van der Waals surface area contributed by atoms with Gasteiger partial charge >= 0.3 is 6.03 Å². The number of benzene rings is 2. The topological polar surface area (TPSA) is 99.6 Å². The fourth-order valence-corrected chi connectivity index (χ4v) is 4.73. The van der Waals surface area contributed by atoms with E-state index in [2.05, 4.69) is 20.5 Å². The normalized spacial score (nSPS) is 13.4. The highest BCUT2D eigenvalue weighted by atomic mass is 35.5. The lowest BCUT2D eigenvalue weighted by molar-refractivity contribution is 0.0950. The summed E-state index contributed by atoms with van der Waals surface area (Å²) >= 11 is 6.23. The minimum atomic E-state index is -0.324. The molecule has 0 unspecified atom stereocenters. The average molecular weight is 531 g/mol. The number of nitrogens with one attached hydrogen (secondary N) is 2. The van der Waals surface area contributed by atoms with Crippen LogP contribution in [0.2, 0.25) is 5.02 Å². The number of para-hydroxylation sites is 1. The van der Waals surface area contributed by atoms with E-state index in [0.29, 0.717) is 53.2 Å². The second-order valence-electron chi connectivity index (χ2n) is 8.97. The summed E-state index contributed by atoms with van der Waals surface area (Å²) in [6.45, 7) is 2.58. The number of pyridine rings is 2. The molecule has 0 aliphatic carbocycles. The van der Waals surface area contributed by atoms with Crippen molar-refractivity contribution in [2.24, 2.45) is 0 Å². The molecule has 9 nitrogen and oxygen atoms in total. The van der Waals surface area contributed by atoms with Crippen LogP contribution < -0.4 is 21.0 Å². The average Bonchev–Trinajstić information content (AvgIpc) is 2.97. The third-order valence-electron chi connectivity index (χ3n) is 6.63. The Labute approximate surface area is 224 Å². The van der Waals surface area contributed by atoms with Crippen LogP contribution in [0.5, 0.6) is 0 Å². The second-order valence-corrected chi connectivity index (χ2v) is 9.40. The van der Waals surface area contributed by atoms with Gasteiger partial charge in [0, 0.05) is 73.8 Å². The molecule has 0 bridgehead atoms. The molecule has 3 amide bonds. The summed E-state index contributed by atoms with van der Waals surface area (Å²) in [5.74, 6) is 0.424. The Bertz CT molecular complexity index is 1530. The van der Waals surface area contributed by atoms with Gasteiger partial charge in [0.05, 0.1) is 11.1 Å². The zero-order chi connectivity index (χ0) is 26.6. The predicted octanol–water partition coefficient (Wildman–Crippen LogP) is 3.43. The van der Waals surface area contributed by atoms with Crippen molar-refractivity contribution in [3.8, 4) is 5.69 Å². The van der Waals surface area contributed by atoms with Crippen LogP contribution in [0, 0.1) is 0 Å². The minimum absolute atomic E-state index is 0.0618. The van der Waals surface area contributed by atoms with E-state index in [1.807, 2.05) is 34.9 Å². The van der Waals surface area contributed by atoms with Crippen molar-refractivity contribution >= 4 is 40.3 Å². The van der Waals surface area contributed by atoms with Crippen molar-refractivity contribution in [3.63, 3.8) is 0 Å². The number of urea groups is 1. The largest absolute Gasteiger partial charge is 0.353 e. The minimum Gasteiger partial charge on any atom is -0.353 e. The fourth-order valence-electron chi connectivity index (χ4n) is 4.56. The first-order valence-corrected chi connectivity index (χ1v) is 12.7. The molecule has 10 heteroatoms. The van der Waals surface area contributed by atoms with Crippen molar-refractivity contribution in [1.29, 1.82) is 0 Å². The summed E-state index contributed by atoms with van der Waals surface area (Å²) in [6, 6.07) is 18.2. The van der Waals surface area contributed by atoms with Gasteiger partial charge in [0.2, 0.25) is 0 Å². The maximum absolute atomic E-state index is 13.2. The van der Waals surface area contributed by atoms with Gasteiger partial charge in [0.1, 0.15) is 5.82 Å². The summed E-state index contributed by atoms with van der Waals surface area (Å²) in [5.41, 5.74) is 2.26. The van der Waals surface area contributed by atoms with Crippen LogP contribution >= 0.6 is 11.6 Å². The number of hydrogen-bond donors (Lipinski definition) is 2. The molecule has 0 radical (unpaired) electrons. The van der Waals surface area contributed by atoms with Gasteiger partial charge < -0.3 is 25.0 Å². The molecule has 194 valence electrons. The molecule has 1 saturated heterocycles. The number of nitrogens with zero attached hydrogens (tertiary/aromatic N) is 4. The van der Waals surface area contributed by atoms with Gasteiger partial charge in [-0.2, -0.15) is 0 Å². The Morgan fingerprint density at radius 3 is 2.45 bits per heavy atom. The van der Waals surface area contributed by atoms with Gasteiger partial charge in [-0.1, -0.05) is 29.8 Å². The molecule has 0 atom stereocenters. The van der Waals surface area contributed by atoms with Crippen molar-refractivity contribution in [2.45, 2.75) is 6.54 Å². The Balaban J connectivity index is 1.31. The van der Waals surface area contributed by atoms with E-state index < -0.39 is 0 Å². The number of amides is 3. The zero-order valence-corrected chi connectivity index (χ0v) is 21.6. The van der Waals surface area contributed by atoms with Crippen molar-refractivity contribution in [1.82, 2.24) is 25.1 Å². The summed E-state index contributed by atoms with van der Waals surface area (Å²) in [5, 5.41) is 6.55. The first-order valence-electron chi connectivity index (χ1n) is 12.3. The molecule has 4 aromatic rings. The van der Waals surface area contributed by atoms with Crippen molar-refractivity contribution < 1.29 is 9.59 Å². The summed E-state index contributed by atoms with van der Waals surface area (Å²) < 4.78 is 1.91. The third-order valence-corrected chi connectivity index (χ3v) is 6.86. The van der Waals surface area contributed by atoms with Crippen LogP contribution in [0.15, 0.2) is 77.9 Å². The lowest BCUT2D eigenvalue weighted by Crippen LogP contribution is -2.51. The van der Waals surface area contributed by atoms with Gasteiger partial charge in [-0.05, 0) is 42.5 Å². The monoisotopic (exact) mass is 530 g/mol. The van der Waals surface area contributed by atoms with Crippen LogP contribution in [-0.2, 0) is 6.54 Å². The maximum Gasteiger partial charge on any atom is 0.317 e. The predicted molar refractivity (Wildman–Crippen MR) is 148 cm³/mol. The van der Waals surface area contributed by atoms with E-state index in [1.54, 1.807) is 48.5 Å². The molecule has 0 spiro atoms. The van der Waals surface area contributed by atoms with E-state index in [0.717, 1.165) is 11.5 Å². The molecule has 38 heavy (non-hydrogen) atoms. The van der Waals surface area contributed by atoms with Crippen LogP contribution in [0.4, 0.5) is 10.6 Å². The Morgan fingerprint density at radius 2 is 1.76 bits per heavy atom. The molecular formula is C28H27ClN6O3. The Morgan fingerprint density at radius 1 is 1.00 bits per heavy atom. The maximum atomic E-state index is 13.2. The number of hydrogen-bond acceptors (Lipinski definition) is 5. The van der Waals surface area contributed by atoms with E-state index >= 15 is 0 Å². The summed E-state index contributed by atoms with van der Waals surface area (Å²) in [6.07, 6.45) is 3.27. The van der Waals surface area contributed by atoms with E-state index in [-0.39, 0.29) is 23.9 Å². The number of anilines is 1. The molecule has 2 aromatic heterocycles. The molecular weight excluding hydrogens is 504 g/mol. The number of rotatable bonds is 5. The van der Waals surface area contributed by atoms with E-state index in [1.165, 1.54) is 6.20 Å². The smallest absolute Gasteiger partial charge is 0.317 e. The van der Waals surface area contributed by atoms with Gasteiger partial charge in [-0.25, -0.2) is 9.78 Å². The zero-order valence-electron chi connectivity index (χ0n) is 20.9. The molecule has 1 aliphatic rings. The third kappa shape index (κ3) is 5.19. The lowest BCUT2D eigenvalue weighted by atomic mass is 10.1. The fraction of sp³-hybridized carbons (Fsp3) is 0.214. The molecule has 3 heterocycles. The molecule has 1 aliphatic heterocycles. The lowest BCUT2D eigenvalue weighted by Gasteiger charge is -2.35. The standard InChI is InChI=1S/C28H27ClN6O3/c1-30-28(38)34-13-11-33(12-14-34)25-10-7-19(16-31-25)27(37)32-17-20-18-35(22-5-3-2-4-6-22)24-15-21(29)8-9-23(24)26(20)36/h2-10,15-16,18H,11-14,17H2,1H3,(H,30,38)(H,32,37). The summed E-state index contributed by atoms with van der Waals surface area (Å²) in [4.78, 5) is 46.2. The Kier molecular flexibility index (Phi) is 7.28. The van der Waals surface area contributed by atoms with Gasteiger partial charge in [0.15, 0.2) is 5.43 Å². The van der Waals surface area contributed by atoms with E-state index in [9.17, 15) is 14.4 Å². The first-order chi connectivity index (χ1) is 18.4. The number of halogens is 1. The first kappa shape index (κ1) is 25.3. The second kappa shape index (κ2) is 10.9. The number of carbonyl (C=O) groups is 2. The molecule has 5 rings (SSSR count). The Hall–Kier alpha value is -4.37. The van der Waals surface area contributed by atoms with Gasteiger partial charge in [-0.15, -0.1) is 0 Å². The SMILES string of the molecule is CNC(=O)N1CCN(c2ccc(C(=O)NCc3cn(-c4ccccc4)c4cc(Cl)ccc4c3=O)cn2)CC1. The molecule has 0 saturated carbocycles. The van der Waals surface area contributed by atoms with Crippen LogP contribution in [-0.4, -0.2) is 59.6 Å². The van der Waals surface area contributed by atoms with Crippen LogP contribution in [0.25, 0.3) is 16.6 Å². The van der Waals surface area contributed by atoms with Crippen molar-refractivity contribution in [2.75, 3.05) is 38.1 Å². The van der Waals surface area contributed by atoms with Crippen LogP contribution in [0.3, 0.4) is 0 Å². The van der Waals surface area contributed by atoms with E-state index in [4.69, 9.17) is 11.6 Å². The number of fused-ring (bicyclic) bond motifs is 1. The van der Waals surface area contributed by atoms with Gasteiger partial charge in [-0.3, -0.25) is 9.59 Å². The summed E-state index contributed by atoms with van der Waals surface area (Å²) in [7, 11) is 1.62. The highest BCUT2D eigenvalue weighted by Gasteiger charge is 2.21. The number of carbonyl (C=O) groups excluding carboxylic acids is 2. The molecule has 1 fully saturated rings. The number of aromatic nitrogens is 2. The van der Waals surface area contributed by atoms with Crippen LogP contribution in [0.1, 0.15) is 15.9 Å². The van der Waals surface area contributed by atoms with Crippen molar-refractivity contribution in [3.05, 3.63) is 99.4 Å². The van der Waals surface area contributed by atoms with Gasteiger partial charge in [0.25, 0.3) is 5.91 Å². The quantitative estimate of drug-likeness (QED) is 0.412. The highest BCUT2D eigenvalue weighted by molar-refractivity contribution is 6.31. The molecule has 2 aromatic carbocycles. The number of piperazine rings is 1.